The van der Waals surface area contributed by atoms with Gasteiger partial charge in [-0.2, -0.15) is 0 Å². The molecular weight excluding hydrogens is 160 g/mol. The van der Waals surface area contributed by atoms with E-state index in [1.807, 2.05) is 12.4 Å². The van der Waals surface area contributed by atoms with Gasteiger partial charge >= 0.3 is 0 Å². The third-order valence-corrected chi connectivity index (χ3v) is 2.05. The topological polar surface area (TPSA) is 24.9 Å². The van der Waals surface area contributed by atoms with Gasteiger partial charge in [0.05, 0.1) is 0 Å². The maximum atomic E-state index is 3.98. The molecule has 0 saturated carbocycles. The van der Waals surface area contributed by atoms with Crippen LogP contribution in [-0.2, 0) is 6.42 Å². The molecule has 0 atom stereocenters. The van der Waals surface area contributed by atoms with Crippen molar-refractivity contribution >= 4 is 0 Å². The average molecular weight is 178 g/mol. The minimum atomic E-state index is 1.07. The first-order valence-corrected chi connectivity index (χ1v) is 5.03. The molecule has 0 saturated heterocycles. The summed E-state index contributed by atoms with van der Waals surface area (Å²) in [6.07, 6.45) is 7.34. The van der Waals surface area contributed by atoms with Crippen molar-refractivity contribution in [2.75, 3.05) is 13.1 Å². The predicted molar refractivity (Wildman–Crippen MR) is 55.7 cm³/mol. The Balaban J connectivity index is 2.07. The molecule has 0 aliphatic rings. The predicted octanol–water partition coefficient (Wildman–Crippen LogP) is 2.01. The molecule has 0 fully saturated rings. The van der Waals surface area contributed by atoms with E-state index >= 15 is 0 Å². The van der Waals surface area contributed by atoms with E-state index in [0.717, 1.165) is 19.5 Å². The fraction of sp³-hybridized carbons (Fsp3) is 0.545. The lowest BCUT2D eigenvalue weighted by Crippen LogP contribution is -2.18. The van der Waals surface area contributed by atoms with Crippen molar-refractivity contribution in [3.63, 3.8) is 0 Å². The summed E-state index contributed by atoms with van der Waals surface area (Å²) in [7, 11) is 0. The first kappa shape index (κ1) is 10.2. The Labute approximate surface area is 80.4 Å². The number of pyridine rings is 1. The molecule has 0 radical (unpaired) electrons. The van der Waals surface area contributed by atoms with Crippen LogP contribution in [0.1, 0.15) is 25.3 Å². The zero-order chi connectivity index (χ0) is 9.36. The molecule has 1 rings (SSSR count). The van der Waals surface area contributed by atoms with Gasteiger partial charge in [-0.05, 0) is 43.6 Å². The summed E-state index contributed by atoms with van der Waals surface area (Å²) in [6, 6.07) is 4.14. The number of aromatic nitrogens is 1. The van der Waals surface area contributed by atoms with Crippen LogP contribution in [0.5, 0.6) is 0 Å². The van der Waals surface area contributed by atoms with Crippen LogP contribution in [0.4, 0.5) is 0 Å². The van der Waals surface area contributed by atoms with E-state index < -0.39 is 0 Å². The smallest absolute Gasteiger partial charge is 0.0270 e. The normalized spacial score (nSPS) is 10.2. The largest absolute Gasteiger partial charge is 0.316 e. The monoisotopic (exact) mass is 178 g/mol. The van der Waals surface area contributed by atoms with Crippen LogP contribution in [0.25, 0.3) is 0 Å². The van der Waals surface area contributed by atoms with Gasteiger partial charge < -0.3 is 5.32 Å². The fourth-order valence-corrected chi connectivity index (χ4v) is 1.21. The first-order valence-electron chi connectivity index (χ1n) is 5.03. The summed E-state index contributed by atoms with van der Waals surface area (Å²) in [5.74, 6) is 0. The van der Waals surface area contributed by atoms with E-state index in [9.17, 15) is 0 Å². The number of nitrogens with one attached hydrogen (secondary N) is 1. The van der Waals surface area contributed by atoms with Gasteiger partial charge in [0.1, 0.15) is 0 Å². The molecule has 0 aliphatic heterocycles. The molecule has 1 aromatic rings. The highest BCUT2D eigenvalue weighted by atomic mass is 14.8. The highest BCUT2D eigenvalue weighted by molar-refractivity contribution is 5.09. The number of hydrogen-bond donors (Lipinski definition) is 1. The molecule has 0 bridgehead atoms. The van der Waals surface area contributed by atoms with Crippen molar-refractivity contribution in [2.45, 2.75) is 26.2 Å². The minimum absolute atomic E-state index is 1.07. The molecule has 0 spiro atoms. The van der Waals surface area contributed by atoms with E-state index in [0.29, 0.717) is 0 Å². The zero-order valence-corrected chi connectivity index (χ0v) is 8.29. The molecule has 0 amide bonds. The standard InChI is InChI=1S/C11H18N2/c1-2-3-7-12-8-4-11-5-9-13-10-6-11/h5-6,9-10,12H,2-4,7-8H2,1H3. The van der Waals surface area contributed by atoms with Gasteiger partial charge in [0, 0.05) is 12.4 Å². The van der Waals surface area contributed by atoms with Gasteiger partial charge in [0.25, 0.3) is 0 Å². The second-order valence-corrected chi connectivity index (χ2v) is 3.21. The third kappa shape index (κ3) is 4.63. The highest BCUT2D eigenvalue weighted by Crippen LogP contribution is 1.95. The van der Waals surface area contributed by atoms with Crippen LogP contribution in [0.3, 0.4) is 0 Å². The minimum Gasteiger partial charge on any atom is -0.316 e. The van der Waals surface area contributed by atoms with Gasteiger partial charge in [-0.3, -0.25) is 4.98 Å². The van der Waals surface area contributed by atoms with Crippen molar-refractivity contribution in [3.05, 3.63) is 30.1 Å². The summed E-state index contributed by atoms with van der Waals surface area (Å²) < 4.78 is 0. The van der Waals surface area contributed by atoms with E-state index in [4.69, 9.17) is 0 Å². The van der Waals surface area contributed by atoms with Gasteiger partial charge in [0.2, 0.25) is 0 Å². The summed E-state index contributed by atoms with van der Waals surface area (Å²) >= 11 is 0. The van der Waals surface area contributed by atoms with E-state index in [2.05, 4.69) is 29.4 Å². The number of hydrogen-bond acceptors (Lipinski definition) is 2. The Bertz CT molecular complexity index is 209. The van der Waals surface area contributed by atoms with Gasteiger partial charge in [0.15, 0.2) is 0 Å². The maximum absolute atomic E-state index is 3.98. The molecule has 2 heteroatoms. The summed E-state index contributed by atoms with van der Waals surface area (Å²) in [6.45, 7) is 4.43. The van der Waals surface area contributed by atoms with Gasteiger partial charge in [-0.1, -0.05) is 13.3 Å². The number of unbranched alkanes of at least 4 members (excludes halogenated alkanes) is 1. The quantitative estimate of drug-likeness (QED) is 0.674. The van der Waals surface area contributed by atoms with E-state index in [1.165, 1.54) is 18.4 Å². The summed E-state index contributed by atoms with van der Waals surface area (Å²) in [4.78, 5) is 3.98. The summed E-state index contributed by atoms with van der Waals surface area (Å²) in [5, 5.41) is 3.41. The molecule has 13 heavy (non-hydrogen) atoms. The molecule has 1 heterocycles. The van der Waals surface area contributed by atoms with Gasteiger partial charge in [-0.25, -0.2) is 0 Å². The second-order valence-electron chi connectivity index (χ2n) is 3.21. The molecule has 0 aromatic carbocycles. The molecule has 1 aromatic heterocycles. The summed E-state index contributed by atoms with van der Waals surface area (Å²) in [5.41, 5.74) is 1.36. The van der Waals surface area contributed by atoms with E-state index in [-0.39, 0.29) is 0 Å². The second kappa shape index (κ2) is 6.61. The Kier molecular flexibility index (Phi) is 5.18. The lowest BCUT2D eigenvalue weighted by molar-refractivity contribution is 0.640. The maximum Gasteiger partial charge on any atom is 0.0270 e. The first-order chi connectivity index (χ1) is 6.43. The molecule has 0 unspecified atom stereocenters. The molecule has 0 aliphatic carbocycles. The molecule has 1 N–H and O–H groups in total. The Morgan fingerprint density at radius 2 is 2.00 bits per heavy atom. The van der Waals surface area contributed by atoms with Crippen LogP contribution in [0.2, 0.25) is 0 Å². The lowest BCUT2D eigenvalue weighted by Gasteiger charge is -2.02. The van der Waals surface area contributed by atoms with Crippen LogP contribution >= 0.6 is 0 Å². The van der Waals surface area contributed by atoms with Crippen LogP contribution in [0, 0.1) is 0 Å². The van der Waals surface area contributed by atoms with E-state index in [1.54, 1.807) is 0 Å². The lowest BCUT2D eigenvalue weighted by atomic mass is 10.2. The van der Waals surface area contributed by atoms with Crippen molar-refractivity contribution in [3.8, 4) is 0 Å². The average Bonchev–Trinajstić information content (AvgIpc) is 2.19. The molecule has 2 nitrogen and oxygen atoms in total. The van der Waals surface area contributed by atoms with Crippen molar-refractivity contribution < 1.29 is 0 Å². The van der Waals surface area contributed by atoms with Crippen molar-refractivity contribution in [1.82, 2.24) is 10.3 Å². The number of rotatable bonds is 6. The van der Waals surface area contributed by atoms with Crippen LogP contribution in [-0.4, -0.2) is 18.1 Å². The fourth-order valence-electron chi connectivity index (χ4n) is 1.21. The SMILES string of the molecule is CCCCNCCc1ccncc1. The van der Waals surface area contributed by atoms with Crippen LogP contribution in [0.15, 0.2) is 24.5 Å². The molecular formula is C11H18N2. The number of nitrogens with zero attached hydrogens (tertiary/aromatic N) is 1. The Morgan fingerprint density at radius 3 is 2.69 bits per heavy atom. The van der Waals surface area contributed by atoms with Crippen LogP contribution < -0.4 is 5.32 Å². The molecule has 72 valence electrons. The third-order valence-electron chi connectivity index (χ3n) is 2.05. The van der Waals surface area contributed by atoms with Crippen molar-refractivity contribution in [2.24, 2.45) is 0 Å². The Hall–Kier alpha value is -0.890. The highest BCUT2D eigenvalue weighted by Gasteiger charge is 1.90. The Morgan fingerprint density at radius 1 is 1.23 bits per heavy atom. The van der Waals surface area contributed by atoms with Gasteiger partial charge in [-0.15, -0.1) is 0 Å². The zero-order valence-electron chi connectivity index (χ0n) is 8.29. The van der Waals surface area contributed by atoms with Crippen molar-refractivity contribution in [1.29, 1.82) is 0 Å².